The first-order valence-electron chi connectivity index (χ1n) is 4.14. The SMILES string of the molecule is CC(C)C(CN(C)C)NC(N)=S. The lowest BCUT2D eigenvalue weighted by Crippen LogP contribution is -2.46. The van der Waals surface area contributed by atoms with E-state index in [0.29, 0.717) is 17.1 Å². The van der Waals surface area contributed by atoms with Gasteiger partial charge in [0.1, 0.15) is 0 Å². The molecule has 0 rings (SSSR count). The largest absolute Gasteiger partial charge is 0.376 e. The molecule has 0 bridgehead atoms. The third kappa shape index (κ3) is 5.32. The molecule has 0 aromatic heterocycles. The molecule has 0 saturated heterocycles. The van der Waals surface area contributed by atoms with Crippen molar-refractivity contribution >= 4 is 17.3 Å². The average molecular weight is 189 g/mol. The topological polar surface area (TPSA) is 41.3 Å². The van der Waals surface area contributed by atoms with Crippen molar-refractivity contribution in [2.75, 3.05) is 20.6 Å². The molecular weight excluding hydrogens is 170 g/mol. The minimum Gasteiger partial charge on any atom is -0.376 e. The van der Waals surface area contributed by atoms with Gasteiger partial charge >= 0.3 is 0 Å². The molecular formula is C8H19N3S. The highest BCUT2D eigenvalue weighted by atomic mass is 32.1. The zero-order chi connectivity index (χ0) is 9.72. The summed E-state index contributed by atoms with van der Waals surface area (Å²) in [6.07, 6.45) is 0. The summed E-state index contributed by atoms with van der Waals surface area (Å²) in [5.74, 6) is 0.536. The van der Waals surface area contributed by atoms with E-state index in [1.807, 2.05) is 14.1 Å². The lowest BCUT2D eigenvalue weighted by Gasteiger charge is -2.25. The summed E-state index contributed by atoms with van der Waals surface area (Å²) >= 11 is 4.79. The van der Waals surface area contributed by atoms with Crippen LogP contribution in [0.2, 0.25) is 0 Å². The molecule has 1 atom stereocenters. The van der Waals surface area contributed by atoms with Crippen LogP contribution in [0, 0.1) is 5.92 Å². The van der Waals surface area contributed by atoms with E-state index in [4.69, 9.17) is 18.0 Å². The number of hydrogen-bond donors (Lipinski definition) is 2. The van der Waals surface area contributed by atoms with E-state index in [1.54, 1.807) is 0 Å². The minimum atomic E-state index is 0.345. The Balaban J connectivity index is 3.95. The fraction of sp³-hybridized carbons (Fsp3) is 0.875. The molecule has 0 radical (unpaired) electrons. The summed E-state index contributed by atoms with van der Waals surface area (Å²) in [6, 6.07) is 0.345. The maximum atomic E-state index is 5.41. The Morgan fingerprint density at radius 3 is 2.25 bits per heavy atom. The fourth-order valence-corrected chi connectivity index (χ4v) is 1.15. The van der Waals surface area contributed by atoms with Crippen molar-refractivity contribution in [3.8, 4) is 0 Å². The van der Waals surface area contributed by atoms with Crippen molar-refractivity contribution in [1.82, 2.24) is 10.2 Å². The Morgan fingerprint density at radius 1 is 1.50 bits per heavy atom. The van der Waals surface area contributed by atoms with Crippen LogP contribution < -0.4 is 11.1 Å². The van der Waals surface area contributed by atoms with Gasteiger partial charge in [-0.15, -0.1) is 0 Å². The van der Waals surface area contributed by atoms with Crippen LogP contribution in [0.4, 0.5) is 0 Å². The van der Waals surface area contributed by atoms with Gasteiger partial charge in [0, 0.05) is 12.6 Å². The van der Waals surface area contributed by atoms with Gasteiger partial charge < -0.3 is 16.0 Å². The van der Waals surface area contributed by atoms with E-state index in [0.717, 1.165) is 6.54 Å². The van der Waals surface area contributed by atoms with Gasteiger partial charge in [-0.1, -0.05) is 13.8 Å². The lowest BCUT2D eigenvalue weighted by molar-refractivity contribution is 0.313. The van der Waals surface area contributed by atoms with Gasteiger partial charge in [-0.3, -0.25) is 0 Å². The molecule has 3 nitrogen and oxygen atoms in total. The third-order valence-electron chi connectivity index (χ3n) is 1.69. The number of nitrogens with zero attached hydrogens (tertiary/aromatic N) is 1. The first kappa shape index (κ1) is 11.6. The summed E-state index contributed by atoms with van der Waals surface area (Å²) in [4.78, 5) is 2.12. The molecule has 0 amide bonds. The number of likely N-dealkylation sites (N-methyl/N-ethyl adjacent to an activating group) is 1. The van der Waals surface area contributed by atoms with E-state index in [2.05, 4.69) is 24.1 Å². The van der Waals surface area contributed by atoms with Crippen LogP contribution in [-0.4, -0.2) is 36.7 Å². The van der Waals surface area contributed by atoms with Crippen molar-refractivity contribution in [3.05, 3.63) is 0 Å². The molecule has 3 N–H and O–H groups in total. The summed E-state index contributed by atoms with van der Waals surface area (Å²) in [6.45, 7) is 5.26. The first-order chi connectivity index (χ1) is 5.43. The Morgan fingerprint density at radius 2 is 2.00 bits per heavy atom. The predicted octanol–water partition coefficient (Wildman–Crippen LogP) is 0.406. The van der Waals surface area contributed by atoms with Crippen molar-refractivity contribution in [1.29, 1.82) is 0 Å². The highest BCUT2D eigenvalue weighted by molar-refractivity contribution is 7.80. The maximum absolute atomic E-state index is 5.41. The van der Waals surface area contributed by atoms with Crippen LogP contribution in [0.3, 0.4) is 0 Å². The van der Waals surface area contributed by atoms with Gasteiger partial charge in [-0.05, 0) is 32.2 Å². The zero-order valence-corrected chi connectivity index (χ0v) is 9.11. The normalized spacial score (nSPS) is 13.5. The molecule has 0 saturated carbocycles. The number of hydrogen-bond acceptors (Lipinski definition) is 2. The van der Waals surface area contributed by atoms with Gasteiger partial charge in [-0.2, -0.15) is 0 Å². The van der Waals surface area contributed by atoms with Crippen LogP contribution in [0.25, 0.3) is 0 Å². The number of rotatable bonds is 4. The van der Waals surface area contributed by atoms with Gasteiger partial charge in [0.2, 0.25) is 0 Å². The maximum Gasteiger partial charge on any atom is 0.163 e. The van der Waals surface area contributed by atoms with Crippen LogP contribution in [0.1, 0.15) is 13.8 Å². The molecule has 0 aromatic carbocycles. The molecule has 0 fully saturated rings. The van der Waals surface area contributed by atoms with E-state index in [-0.39, 0.29) is 0 Å². The number of nitrogens with two attached hydrogens (primary N) is 1. The highest BCUT2D eigenvalue weighted by Crippen LogP contribution is 2.01. The fourth-order valence-electron chi connectivity index (χ4n) is 0.999. The lowest BCUT2D eigenvalue weighted by atomic mass is 10.0. The van der Waals surface area contributed by atoms with Crippen LogP contribution >= 0.6 is 12.2 Å². The van der Waals surface area contributed by atoms with E-state index in [1.165, 1.54) is 0 Å². The summed E-state index contributed by atoms with van der Waals surface area (Å²) in [5.41, 5.74) is 5.41. The van der Waals surface area contributed by atoms with Crippen molar-refractivity contribution in [3.63, 3.8) is 0 Å². The number of thiocarbonyl (C=S) groups is 1. The van der Waals surface area contributed by atoms with Crippen molar-refractivity contribution < 1.29 is 0 Å². The van der Waals surface area contributed by atoms with E-state index in [9.17, 15) is 0 Å². The molecule has 0 spiro atoms. The second-order valence-corrected chi connectivity index (χ2v) is 4.06. The molecule has 0 aromatic rings. The molecule has 0 aliphatic carbocycles. The van der Waals surface area contributed by atoms with Crippen LogP contribution in [0.5, 0.6) is 0 Å². The quantitative estimate of drug-likeness (QED) is 0.628. The van der Waals surface area contributed by atoms with Gasteiger partial charge in [0.15, 0.2) is 5.11 Å². The Bertz CT molecular complexity index is 145. The molecule has 1 unspecified atom stereocenters. The second-order valence-electron chi connectivity index (χ2n) is 3.62. The summed E-state index contributed by atoms with van der Waals surface area (Å²) < 4.78 is 0. The van der Waals surface area contributed by atoms with Gasteiger partial charge in [0.25, 0.3) is 0 Å². The Hall–Kier alpha value is -0.350. The molecule has 0 heterocycles. The van der Waals surface area contributed by atoms with Gasteiger partial charge in [-0.25, -0.2) is 0 Å². The molecule has 4 heteroatoms. The number of nitrogens with one attached hydrogen (secondary N) is 1. The summed E-state index contributed by atoms with van der Waals surface area (Å²) in [5, 5.41) is 3.46. The minimum absolute atomic E-state index is 0.345. The van der Waals surface area contributed by atoms with E-state index >= 15 is 0 Å². The predicted molar refractivity (Wildman–Crippen MR) is 57.1 cm³/mol. The van der Waals surface area contributed by atoms with E-state index < -0.39 is 0 Å². The monoisotopic (exact) mass is 189 g/mol. The zero-order valence-electron chi connectivity index (χ0n) is 8.29. The third-order valence-corrected chi connectivity index (χ3v) is 1.81. The Kier molecular flexibility index (Phi) is 5.17. The first-order valence-corrected chi connectivity index (χ1v) is 4.55. The highest BCUT2D eigenvalue weighted by Gasteiger charge is 2.13. The second kappa shape index (κ2) is 5.32. The van der Waals surface area contributed by atoms with Crippen molar-refractivity contribution in [2.24, 2.45) is 11.7 Å². The van der Waals surface area contributed by atoms with Crippen molar-refractivity contribution in [2.45, 2.75) is 19.9 Å². The smallest absolute Gasteiger partial charge is 0.163 e. The molecule has 72 valence electrons. The average Bonchev–Trinajstić information content (AvgIpc) is 1.83. The van der Waals surface area contributed by atoms with Crippen LogP contribution in [-0.2, 0) is 0 Å². The van der Waals surface area contributed by atoms with Crippen LogP contribution in [0.15, 0.2) is 0 Å². The van der Waals surface area contributed by atoms with Gasteiger partial charge in [0.05, 0.1) is 0 Å². The molecule has 0 aliphatic heterocycles. The molecule has 12 heavy (non-hydrogen) atoms. The summed E-state index contributed by atoms with van der Waals surface area (Å²) in [7, 11) is 4.08. The molecule has 0 aliphatic rings. The Labute approximate surface area is 80.3 Å². The standard InChI is InChI=1S/C8H19N3S/c1-6(2)7(5-11(3)4)10-8(9)12/h6-7H,5H2,1-4H3,(H3,9,10,12).